The molecule has 0 radical (unpaired) electrons. The van der Waals surface area contributed by atoms with Gasteiger partial charge in [-0.05, 0) is 42.5 Å². The van der Waals surface area contributed by atoms with Crippen molar-refractivity contribution in [3.05, 3.63) is 57.5 Å². The van der Waals surface area contributed by atoms with Gasteiger partial charge in [-0.2, -0.15) is 13.2 Å². The summed E-state index contributed by atoms with van der Waals surface area (Å²) in [6, 6.07) is 10.2. The topological polar surface area (TPSA) is 49.4 Å². The van der Waals surface area contributed by atoms with Gasteiger partial charge in [0.1, 0.15) is 0 Å². The van der Waals surface area contributed by atoms with E-state index in [4.69, 9.17) is 11.6 Å². The summed E-state index contributed by atoms with van der Waals surface area (Å²) in [6.07, 6.45) is -4.64. The molecule has 2 amide bonds. The molecule has 3 rings (SSSR count). The third-order valence-electron chi connectivity index (χ3n) is 4.17. The number of halogens is 5. The molecule has 2 aromatic carbocycles. The van der Waals surface area contributed by atoms with Crippen molar-refractivity contribution in [1.82, 2.24) is 0 Å². The molecule has 1 fully saturated rings. The van der Waals surface area contributed by atoms with E-state index >= 15 is 0 Å². The highest BCUT2D eigenvalue weighted by Crippen LogP contribution is 2.36. The van der Waals surface area contributed by atoms with Crippen LogP contribution in [0.4, 0.5) is 24.5 Å². The van der Waals surface area contributed by atoms with Crippen LogP contribution >= 0.6 is 27.5 Å². The lowest BCUT2D eigenvalue weighted by Gasteiger charge is -2.17. The number of amides is 2. The molecular weight excluding hydrogens is 449 g/mol. The van der Waals surface area contributed by atoms with Crippen LogP contribution in [0.25, 0.3) is 0 Å². The largest absolute Gasteiger partial charge is 0.417 e. The van der Waals surface area contributed by atoms with Crippen molar-refractivity contribution in [2.45, 2.75) is 12.6 Å². The molecule has 4 nitrogen and oxygen atoms in total. The van der Waals surface area contributed by atoms with Crippen LogP contribution in [-0.4, -0.2) is 18.4 Å². The number of hydrogen-bond acceptors (Lipinski definition) is 2. The standard InChI is InChI=1S/C18H13BrClF3N2O2/c19-11-1-4-13(5-2-11)25-9-10(7-16(25)26)17(27)24-12-3-6-15(20)14(8-12)18(21,22)23/h1-6,8,10H,7,9H2,(H,24,27)/t10-/m0/s1. The zero-order valence-electron chi connectivity index (χ0n) is 13.7. The van der Waals surface area contributed by atoms with Crippen LogP contribution in [0.5, 0.6) is 0 Å². The predicted octanol–water partition coefficient (Wildman–Crippen LogP) is 5.11. The van der Waals surface area contributed by atoms with E-state index in [1.165, 1.54) is 11.0 Å². The highest BCUT2D eigenvalue weighted by Gasteiger charge is 2.36. The van der Waals surface area contributed by atoms with Gasteiger partial charge >= 0.3 is 6.18 Å². The van der Waals surface area contributed by atoms with Gasteiger partial charge in [0, 0.05) is 28.8 Å². The number of hydrogen-bond donors (Lipinski definition) is 1. The van der Waals surface area contributed by atoms with E-state index < -0.39 is 28.6 Å². The van der Waals surface area contributed by atoms with E-state index in [1.54, 1.807) is 24.3 Å². The molecule has 1 heterocycles. The maximum atomic E-state index is 12.9. The van der Waals surface area contributed by atoms with Gasteiger partial charge in [0.25, 0.3) is 0 Å². The van der Waals surface area contributed by atoms with Crippen LogP contribution in [0.15, 0.2) is 46.9 Å². The average molecular weight is 462 g/mol. The first-order chi connectivity index (χ1) is 12.6. The third kappa shape index (κ3) is 4.44. The number of anilines is 2. The summed E-state index contributed by atoms with van der Waals surface area (Å²) in [7, 11) is 0. The van der Waals surface area contributed by atoms with Crippen LogP contribution in [0.2, 0.25) is 5.02 Å². The van der Waals surface area contributed by atoms with Gasteiger partial charge in [-0.15, -0.1) is 0 Å². The van der Waals surface area contributed by atoms with E-state index in [1.807, 2.05) is 0 Å². The van der Waals surface area contributed by atoms with Gasteiger partial charge in [0.05, 0.1) is 16.5 Å². The minimum absolute atomic E-state index is 0.0123. The molecule has 9 heteroatoms. The summed E-state index contributed by atoms with van der Waals surface area (Å²) in [4.78, 5) is 26.1. The second-order valence-corrected chi connectivity index (χ2v) is 7.39. The maximum absolute atomic E-state index is 12.9. The van der Waals surface area contributed by atoms with Gasteiger partial charge in [0.15, 0.2) is 0 Å². The summed E-state index contributed by atoms with van der Waals surface area (Å²) < 4.78 is 39.7. The molecule has 2 aromatic rings. The molecule has 0 spiro atoms. The Morgan fingerprint density at radius 1 is 1.19 bits per heavy atom. The Bertz CT molecular complexity index is 887. The van der Waals surface area contributed by atoms with Crippen molar-refractivity contribution in [3.8, 4) is 0 Å². The van der Waals surface area contributed by atoms with Crippen molar-refractivity contribution in [3.63, 3.8) is 0 Å². The first-order valence-corrected chi connectivity index (χ1v) is 9.06. The van der Waals surface area contributed by atoms with E-state index in [0.29, 0.717) is 5.69 Å². The molecule has 1 aliphatic rings. The predicted molar refractivity (Wildman–Crippen MR) is 99.7 cm³/mol. The van der Waals surface area contributed by atoms with Crippen molar-refractivity contribution in [2.24, 2.45) is 5.92 Å². The Hall–Kier alpha value is -2.06. The van der Waals surface area contributed by atoms with Gasteiger partial charge < -0.3 is 10.2 Å². The van der Waals surface area contributed by atoms with Crippen LogP contribution in [0.3, 0.4) is 0 Å². The lowest BCUT2D eigenvalue weighted by Crippen LogP contribution is -2.28. The zero-order chi connectivity index (χ0) is 19.8. The fourth-order valence-corrected chi connectivity index (χ4v) is 3.31. The number of carbonyl (C=O) groups excluding carboxylic acids is 2. The molecule has 1 N–H and O–H groups in total. The highest BCUT2D eigenvalue weighted by molar-refractivity contribution is 9.10. The van der Waals surface area contributed by atoms with Crippen molar-refractivity contribution < 1.29 is 22.8 Å². The normalized spacial score (nSPS) is 17.3. The van der Waals surface area contributed by atoms with Crippen molar-refractivity contribution in [1.29, 1.82) is 0 Å². The molecule has 0 bridgehead atoms. The third-order valence-corrected chi connectivity index (χ3v) is 5.03. The number of carbonyl (C=O) groups is 2. The summed E-state index contributed by atoms with van der Waals surface area (Å²) in [5.74, 6) is -1.39. The number of benzene rings is 2. The molecule has 142 valence electrons. The van der Waals surface area contributed by atoms with Gasteiger partial charge in [-0.25, -0.2) is 0 Å². The summed E-state index contributed by atoms with van der Waals surface area (Å²) in [6.45, 7) is 0.159. The van der Waals surface area contributed by atoms with E-state index in [9.17, 15) is 22.8 Å². The van der Waals surface area contributed by atoms with Crippen LogP contribution < -0.4 is 10.2 Å². The lowest BCUT2D eigenvalue weighted by atomic mass is 10.1. The van der Waals surface area contributed by atoms with Crippen molar-refractivity contribution in [2.75, 3.05) is 16.8 Å². The van der Waals surface area contributed by atoms with Crippen LogP contribution in [-0.2, 0) is 15.8 Å². The van der Waals surface area contributed by atoms with Crippen LogP contribution in [0.1, 0.15) is 12.0 Å². The first kappa shape index (κ1) is 19.7. The highest BCUT2D eigenvalue weighted by atomic mass is 79.9. The summed E-state index contributed by atoms with van der Waals surface area (Å²) in [5.41, 5.74) is -0.392. The minimum Gasteiger partial charge on any atom is -0.326 e. The molecule has 0 aliphatic carbocycles. The smallest absolute Gasteiger partial charge is 0.326 e. The number of nitrogens with one attached hydrogen (secondary N) is 1. The second kappa shape index (κ2) is 7.52. The summed E-state index contributed by atoms with van der Waals surface area (Å²) in [5, 5.41) is 1.99. The molecule has 1 aliphatic heterocycles. The SMILES string of the molecule is O=C(Nc1ccc(Cl)c(C(F)(F)F)c1)[C@H]1CC(=O)N(c2ccc(Br)cc2)C1. The molecular formula is C18H13BrClF3N2O2. The van der Waals surface area contributed by atoms with E-state index in [-0.39, 0.29) is 24.6 Å². The first-order valence-electron chi connectivity index (χ1n) is 7.88. The zero-order valence-corrected chi connectivity index (χ0v) is 16.0. The number of rotatable bonds is 3. The van der Waals surface area contributed by atoms with Crippen molar-refractivity contribution >= 4 is 50.7 Å². The van der Waals surface area contributed by atoms with E-state index in [0.717, 1.165) is 16.6 Å². The number of alkyl halides is 3. The maximum Gasteiger partial charge on any atom is 0.417 e. The number of nitrogens with zero attached hydrogens (tertiary/aromatic N) is 1. The van der Waals surface area contributed by atoms with Gasteiger partial charge in [-0.3, -0.25) is 9.59 Å². The molecule has 1 atom stereocenters. The minimum atomic E-state index is -4.63. The molecule has 0 aromatic heterocycles. The Labute approximate surface area is 166 Å². The Kier molecular flexibility index (Phi) is 5.48. The Morgan fingerprint density at radius 3 is 2.48 bits per heavy atom. The Morgan fingerprint density at radius 2 is 1.85 bits per heavy atom. The van der Waals surface area contributed by atoms with E-state index in [2.05, 4.69) is 21.2 Å². The quantitative estimate of drug-likeness (QED) is 0.690. The van der Waals surface area contributed by atoms with Crippen LogP contribution in [0, 0.1) is 5.92 Å². The molecule has 0 unspecified atom stereocenters. The summed E-state index contributed by atoms with van der Waals surface area (Å²) >= 11 is 8.88. The van der Waals surface area contributed by atoms with Gasteiger partial charge in [0.2, 0.25) is 11.8 Å². The molecule has 27 heavy (non-hydrogen) atoms. The molecule has 0 saturated carbocycles. The average Bonchev–Trinajstić information content (AvgIpc) is 2.98. The Balaban J connectivity index is 1.72. The van der Waals surface area contributed by atoms with Gasteiger partial charge in [-0.1, -0.05) is 27.5 Å². The monoisotopic (exact) mass is 460 g/mol. The second-order valence-electron chi connectivity index (χ2n) is 6.06. The fraction of sp³-hybridized carbons (Fsp3) is 0.222. The fourth-order valence-electron chi connectivity index (χ4n) is 2.82. The lowest BCUT2D eigenvalue weighted by molar-refractivity contribution is -0.137. The molecule has 1 saturated heterocycles.